The molecule has 2 nitrogen and oxygen atoms in total. The maximum absolute atomic E-state index is 13.0. The average Bonchev–Trinajstić information content (AvgIpc) is 2.33. The number of morpholine rings is 1. The lowest BCUT2D eigenvalue weighted by Gasteiger charge is -2.45. The molecule has 0 spiro atoms. The van der Waals surface area contributed by atoms with E-state index in [1.807, 2.05) is 24.3 Å². The van der Waals surface area contributed by atoms with Crippen LogP contribution in [0.2, 0.25) is 0 Å². The molecule has 1 N–H and O–H groups in total. The summed E-state index contributed by atoms with van der Waals surface area (Å²) < 4.78 is 45.1. The van der Waals surface area contributed by atoms with Crippen LogP contribution in [0.5, 0.6) is 0 Å². The van der Waals surface area contributed by atoms with E-state index in [9.17, 15) is 13.2 Å². The number of nitrogens with one attached hydrogen (secondary N) is 1. The third kappa shape index (κ3) is 2.58. The summed E-state index contributed by atoms with van der Waals surface area (Å²) in [7, 11) is 0. The topological polar surface area (TPSA) is 21.3 Å². The Balaban J connectivity index is 2.31. The molecule has 20 heavy (non-hydrogen) atoms. The van der Waals surface area contributed by atoms with E-state index < -0.39 is 17.3 Å². The van der Waals surface area contributed by atoms with Gasteiger partial charge in [-0.1, -0.05) is 40.3 Å². The van der Waals surface area contributed by atoms with Crippen molar-refractivity contribution in [1.29, 1.82) is 0 Å². The fourth-order valence-electron chi connectivity index (χ4n) is 1.96. The summed E-state index contributed by atoms with van der Waals surface area (Å²) in [6.07, 6.45) is -4.55. The van der Waals surface area contributed by atoms with Gasteiger partial charge in [-0.25, -0.2) is 0 Å². The second kappa shape index (κ2) is 4.96. The quantitative estimate of drug-likeness (QED) is 0.759. The zero-order valence-corrected chi connectivity index (χ0v) is 13.2. The number of rotatable bonds is 1. The van der Waals surface area contributed by atoms with Gasteiger partial charge in [-0.05, 0) is 31.5 Å². The number of hydrogen-bond acceptors (Lipinski definition) is 2. The maximum atomic E-state index is 13.0. The summed E-state index contributed by atoms with van der Waals surface area (Å²) >= 11 is 8.24. The zero-order valence-electron chi connectivity index (χ0n) is 10.8. The zero-order chi connectivity index (χ0) is 15.2. The summed E-state index contributed by atoms with van der Waals surface area (Å²) in [6.45, 7) is 2.58. The first-order valence-corrected chi connectivity index (χ1v) is 7.08. The van der Waals surface area contributed by atoms with Crippen LogP contribution >= 0.6 is 28.1 Å². The molecule has 0 radical (unpaired) electrons. The third-order valence-corrected chi connectivity index (χ3v) is 4.46. The molecule has 1 saturated heterocycles. The van der Waals surface area contributed by atoms with Gasteiger partial charge in [0, 0.05) is 4.47 Å². The summed E-state index contributed by atoms with van der Waals surface area (Å²) in [5.74, 6) is 0. The number of hydrogen-bond donors (Lipinski definition) is 1. The van der Waals surface area contributed by atoms with Crippen LogP contribution in [-0.2, 0) is 10.3 Å². The molecular weight excluding hydrogens is 355 g/mol. The molecule has 0 unspecified atom stereocenters. The molecule has 1 aliphatic rings. The Morgan fingerprint density at radius 3 is 2.50 bits per heavy atom. The van der Waals surface area contributed by atoms with Crippen LogP contribution in [0, 0.1) is 0 Å². The SMILES string of the molecule is C[C@]1(c2cccc(Br)c2)CO[C@@](C)(C(F)(F)F)C(=S)N1. The van der Waals surface area contributed by atoms with Crippen LogP contribution < -0.4 is 5.32 Å². The summed E-state index contributed by atoms with van der Waals surface area (Å²) in [6, 6.07) is 7.30. The number of ether oxygens (including phenoxy) is 1. The van der Waals surface area contributed by atoms with Gasteiger partial charge in [0.05, 0.1) is 12.1 Å². The van der Waals surface area contributed by atoms with Gasteiger partial charge >= 0.3 is 6.18 Å². The largest absolute Gasteiger partial charge is 0.423 e. The molecule has 1 aliphatic heterocycles. The van der Waals surface area contributed by atoms with Gasteiger partial charge in [-0.15, -0.1) is 0 Å². The second-order valence-corrected chi connectivity index (χ2v) is 6.44. The normalized spacial score (nSPS) is 31.0. The second-order valence-electron chi connectivity index (χ2n) is 5.12. The van der Waals surface area contributed by atoms with Crippen LogP contribution in [-0.4, -0.2) is 23.4 Å². The van der Waals surface area contributed by atoms with Gasteiger partial charge in [0.15, 0.2) is 0 Å². The van der Waals surface area contributed by atoms with Crippen LogP contribution in [0.1, 0.15) is 19.4 Å². The molecule has 1 fully saturated rings. The molecule has 0 bridgehead atoms. The van der Waals surface area contributed by atoms with Crippen LogP contribution in [0.15, 0.2) is 28.7 Å². The molecule has 0 amide bonds. The van der Waals surface area contributed by atoms with Gasteiger partial charge in [0.2, 0.25) is 5.60 Å². The van der Waals surface area contributed by atoms with E-state index in [4.69, 9.17) is 17.0 Å². The van der Waals surface area contributed by atoms with Crippen molar-refractivity contribution in [1.82, 2.24) is 5.32 Å². The molecule has 1 aromatic rings. The molecule has 1 heterocycles. The highest BCUT2D eigenvalue weighted by molar-refractivity contribution is 9.10. The van der Waals surface area contributed by atoms with E-state index in [0.29, 0.717) is 0 Å². The van der Waals surface area contributed by atoms with E-state index in [1.165, 1.54) is 0 Å². The Morgan fingerprint density at radius 1 is 1.35 bits per heavy atom. The van der Waals surface area contributed by atoms with E-state index in [1.54, 1.807) is 6.92 Å². The molecule has 1 aromatic carbocycles. The van der Waals surface area contributed by atoms with Crippen LogP contribution in [0.3, 0.4) is 0 Å². The van der Waals surface area contributed by atoms with Crippen molar-refractivity contribution < 1.29 is 17.9 Å². The van der Waals surface area contributed by atoms with Gasteiger partial charge < -0.3 is 10.1 Å². The molecular formula is C13H13BrF3NOS. The van der Waals surface area contributed by atoms with Gasteiger partial charge in [-0.2, -0.15) is 13.2 Å². The van der Waals surface area contributed by atoms with Crippen molar-refractivity contribution in [3.05, 3.63) is 34.3 Å². The van der Waals surface area contributed by atoms with Crippen molar-refractivity contribution in [2.45, 2.75) is 31.2 Å². The minimum Gasteiger partial charge on any atom is -0.365 e. The molecule has 2 atom stereocenters. The molecule has 2 rings (SSSR count). The minimum absolute atomic E-state index is 0.125. The Morgan fingerprint density at radius 2 is 2.00 bits per heavy atom. The van der Waals surface area contributed by atoms with Crippen molar-refractivity contribution in [2.75, 3.05) is 6.61 Å². The number of alkyl halides is 3. The maximum Gasteiger partial charge on any atom is 0.423 e. The fourth-order valence-corrected chi connectivity index (χ4v) is 2.76. The molecule has 7 heteroatoms. The lowest BCUT2D eigenvalue weighted by atomic mass is 9.89. The van der Waals surface area contributed by atoms with Crippen LogP contribution in [0.4, 0.5) is 13.2 Å². The highest BCUT2D eigenvalue weighted by Crippen LogP contribution is 2.40. The molecule has 0 saturated carbocycles. The van der Waals surface area contributed by atoms with Crippen molar-refractivity contribution in [2.24, 2.45) is 0 Å². The number of halogens is 4. The summed E-state index contributed by atoms with van der Waals surface area (Å²) in [5.41, 5.74) is -2.42. The highest BCUT2D eigenvalue weighted by Gasteiger charge is 2.59. The first-order chi connectivity index (χ1) is 9.08. The van der Waals surface area contributed by atoms with E-state index in [2.05, 4.69) is 21.2 Å². The predicted molar refractivity (Wildman–Crippen MR) is 77.6 cm³/mol. The standard InChI is InChI=1S/C13H13BrF3NOS/c1-11(8-4-3-5-9(14)6-8)7-19-12(2,10(20)18-11)13(15,16)17/h3-6H,7H2,1-2H3,(H,18,20)/t11-,12-/m1/s1. The first-order valence-electron chi connectivity index (χ1n) is 5.88. The Labute approximate surface area is 128 Å². The van der Waals surface area contributed by atoms with Gasteiger partial charge in [0.25, 0.3) is 0 Å². The summed E-state index contributed by atoms with van der Waals surface area (Å²) in [4.78, 5) is -0.348. The van der Waals surface area contributed by atoms with Crippen molar-refractivity contribution in [3.8, 4) is 0 Å². The average molecular weight is 368 g/mol. The Kier molecular flexibility index (Phi) is 3.90. The Bertz CT molecular complexity index is 551. The first kappa shape index (κ1) is 15.7. The van der Waals surface area contributed by atoms with Crippen molar-refractivity contribution >= 4 is 33.1 Å². The molecule has 0 aromatic heterocycles. The number of benzene rings is 1. The lowest BCUT2D eigenvalue weighted by Crippen LogP contribution is -2.66. The smallest absolute Gasteiger partial charge is 0.365 e. The summed E-state index contributed by atoms with van der Waals surface area (Å²) in [5, 5.41) is 2.80. The molecule has 110 valence electrons. The van der Waals surface area contributed by atoms with Crippen molar-refractivity contribution in [3.63, 3.8) is 0 Å². The van der Waals surface area contributed by atoms with Gasteiger partial charge in [-0.3, -0.25) is 0 Å². The fraction of sp³-hybridized carbons (Fsp3) is 0.462. The number of thiocarbonyl (C=S) groups is 1. The monoisotopic (exact) mass is 367 g/mol. The van der Waals surface area contributed by atoms with E-state index in [0.717, 1.165) is 17.0 Å². The van der Waals surface area contributed by atoms with Crippen LogP contribution in [0.25, 0.3) is 0 Å². The molecule has 0 aliphatic carbocycles. The van der Waals surface area contributed by atoms with E-state index in [-0.39, 0.29) is 11.6 Å². The lowest BCUT2D eigenvalue weighted by molar-refractivity contribution is -0.252. The van der Waals surface area contributed by atoms with E-state index >= 15 is 0 Å². The predicted octanol–water partition coefficient (Wildman–Crippen LogP) is 3.93. The van der Waals surface area contributed by atoms with Gasteiger partial charge in [0.1, 0.15) is 4.99 Å². The third-order valence-electron chi connectivity index (χ3n) is 3.47. The minimum atomic E-state index is -4.55. The highest BCUT2D eigenvalue weighted by atomic mass is 79.9. The Hall–Kier alpha value is -0.660.